The first-order valence-electron chi connectivity index (χ1n) is 13.8. The number of carbonyl (C=O) groups is 1. The molecule has 0 atom stereocenters. The van der Waals surface area contributed by atoms with Crippen LogP contribution in [-0.2, 0) is 11.3 Å². The molecule has 10 nitrogen and oxygen atoms in total. The lowest BCUT2D eigenvalue weighted by atomic mass is 9.92. The Labute approximate surface area is 268 Å². The van der Waals surface area contributed by atoms with Crippen molar-refractivity contribution in [2.24, 2.45) is 0 Å². The molecule has 5 rings (SSSR count). The predicted octanol–water partition coefficient (Wildman–Crippen LogP) is 7.32. The first kappa shape index (κ1) is 31.6. The standard InChI is InChI=1S/C34H31BrN2O8/c1-19-26(22-13-16-25(41-3)32(42-4)30(22)45-18-40-2)27(34(38)39)29(37-33(19)43-5)24-15-12-21-11-14-23(35)31(28(21)36-24)44-17-20-9-7-6-8-10-20/h6-16H,17-18H2,1-5H3,(H,38,39). The van der Waals surface area contributed by atoms with Gasteiger partial charge in [-0.25, -0.2) is 14.8 Å². The van der Waals surface area contributed by atoms with Crippen LogP contribution in [0.5, 0.6) is 28.9 Å². The molecule has 0 unspecified atom stereocenters. The van der Waals surface area contributed by atoms with Crippen LogP contribution >= 0.6 is 15.9 Å². The minimum absolute atomic E-state index is 0.100. The van der Waals surface area contributed by atoms with Gasteiger partial charge in [-0.1, -0.05) is 42.5 Å². The van der Waals surface area contributed by atoms with Crippen molar-refractivity contribution < 1.29 is 38.3 Å². The quantitative estimate of drug-likeness (QED) is 0.135. The first-order valence-corrected chi connectivity index (χ1v) is 14.6. The third-order valence-electron chi connectivity index (χ3n) is 7.13. The Morgan fingerprint density at radius 3 is 2.24 bits per heavy atom. The molecule has 5 aromatic rings. The predicted molar refractivity (Wildman–Crippen MR) is 173 cm³/mol. The molecule has 0 aliphatic carbocycles. The topological polar surface area (TPSA) is 118 Å². The van der Waals surface area contributed by atoms with Crippen LogP contribution in [-0.4, -0.2) is 56.3 Å². The number of benzene rings is 3. The highest BCUT2D eigenvalue weighted by Crippen LogP contribution is 2.48. The highest BCUT2D eigenvalue weighted by atomic mass is 79.9. The summed E-state index contributed by atoms with van der Waals surface area (Å²) in [6.07, 6.45) is 0. The summed E-state index contributed by atoms with van der Waals surface area (Å²) in [5.41, 5.74) is 3.03. The molecule has 232 valence electrons. The Hall–Kier alpha value is -4.87. The van der Waals surface area contributed by atoms with Crippen molar-refractivity contribution in [2.45, 2.75) is 13.5 Å². The lowest BCUT2D eigenvalue weighted by Crippen LogP contribution is -2.11. The molecule has 0 bridgehead atoms. The monoisotopic (exact) mass is 674 g/mol. The summed E-state index contributed by atoms with van der Waals surface area (Å²) in [6, 6.07) is 20.5. The minimum atomic E-state index is -1.22. The molecule has 45 heavy (non-hydrogen) atoms. The Bertz CT molecular complexity index is 1860. The maximum Gasteiger partial charge on any atom is 0.338 e. The van der Waals surface area contributed by atoms with Gasteiger partial charge in [0, 0.05) is 29.2 Å². The fourth-order valence-electron chi connectivity index (χ4n) is 5.08. The van der Waals surface area contributed by atoms with Crippen LogP contribution in [0.4, 0.5) is 0 Å². The van der Waals surface area contributed by atoms with Crippen LogP contribution in [0.1, 0.15) is 21.5 Å². The lowest BCUT2D eigenvalue weighted by Gasteiger charge is -2.21. The number of halogens is 1. The van der Waals surface area contributed by atoms with E-state index in [2.05, 4.69) is 20.9 Å². The second-order valence-corrected chi connectivity index (χ2v) is 10.7. The van der Waals surface area contributed by atoms with Crippen molar-refractivity contribution in [3.05, 3.63) is 87.9 Å². The molecule has 0 saturated carbocycles. The molecule has 0 spiro atoms. The van der Waals surface area contributed by atoms with Gasteiger partial charge in [-0.15, -0.1) is 0 Å². The van der Waals surface area contributed by atoms with Crippen molar-refractivity contribution in [1.29, 1.82) is 0 Å². The molecule has 0 aliphatic heterocycles. The first-order chi connectivity index (χ1) is 21.8. The number of hydrogen-bond donors (Lipinski definition) is 1. The molecule has 3 aromatic carbocycles. The van der Waals surface area contributed by atoms with E-state index in [1.807, 2.05) is 48.5 Å². The van der Waals surface area contributed by atoms with Crippen molar-refractivity contribution in [1.82, 2.24) is 9.97 Å². The zero-order valence-electron chi connectivity index (χ0n) is 25.3. The molecule has 2 heterocycles. The summed E-state index contributed by atoms with van der Waals surface area (Å²) in [4.78, 5) is 22.7. The number of carboxylic acids is 1. The minimum Gasteiger partial charge on any atom is -0.493 e. The van der Waals surface area contributed by atoms with E-state index in [-0.39, 0.29) is 35.4 Å². The second-order valence-electron chi connectivity index (χ2n) is 9.80. The van der Waals surface area contributed by atoms with Gasteiger partial charge in [-0.05, 0) is 52.7 Å². The van der Waals surface area contributed by atoms with Crippen LogP contribution in [0.25, 0.3) is 33.4 Å². The van der Waals surface area contributed by atoms with E-state index in [1.54, 1.807) is 25.1 Å². The maximum absolute atomic E-state index is 13.1. The molecule has 1 N–H and O–H groups in total. The zero-order chi connectivity index (χ0) is 32.1. The number of rotatable bonds is 12. The van der Waals surface area contributed by atoms with Crippen LogP contribution < -0.4 is 23.7 Å². The number of aromatic nitrogens is 2. The highest BCUT2D eigenvalue weighted by molar-refractivity contribution is 9.10. The van der Waals surface area contributed by atoms with Crippen molar-refractivity contribution in [3.8, 4) is 51.4 Å². The van der Waals surface area contributed by atoms with Gasteiger partial charge >= 0.3 is 5.97 Å². The van der Waals surface area contributed by atoms with Gasteiger partial charge in [0.2, 0.25) is 11.6 Å². The van der Waals surface area contributed by atoms with E-state index in [1.165, 1.54) is 28.4 Å². The van der Waals surface area contributed by atoms with Crippen LogP contribution in [0.2, 0.25) is 0 Å². The number of ether oxygens (including phenoxy) is 6. The number of aromatic carboxylic acids is 1. The molecule has 11 heteroatoms. The Morgan fingerprint density at radius 2 is 1.58 bits per heavy atom. The number of hydrogen-bond acceptors (Lipinski definition) is 9. The summed E-state index contributed by atoms with van der Waals surface area (Å²) in [7, 11) is 5.93. The molecule has 0 fully saturated rings. The van der Waals surface area contributed by atoms with Crippen molar-refractivity contribution >= 4 is 32.8 Å². The third kappa shape index (κ3) is 6.22. The van der Waals surface area contributed by atoms with Gasteiger partial charge in [0.25, 0.3) is 0 Å². The van der Waals surface area contributed by atoms with Crippen LogP contribution in [0, 0.1) is 6.92 Å². The fraction of sp³-hybridized carbons (Fsp3) is 0.206. The van der Waals surface area contributed by atoms with Crippen molar-refractivity contribution in [3.63, 3.8) is 0 Å². The normalized spacial score (nSPS) is 10.9. The fourth-order valence-corrected chi connectivity index (χ4v) is 5.51. The van der Waals surface area contributed by atoms with Gasteiger partial charge in [0.15, 0.2) is 24.0 Å². The summed E-state index contributed by atoms with van der Waals surface area (Å²) >= 11 is 3.60. The summed E-state index contributed by atoms with van der Waals surface area (Å²) in [6.45, 7) is 1.92. The number of methoxy groups -OCH3 is 4. The molecule has 0 radical (unpaired) electrons. The smallest absolute Gasteiger partial charge is 0.338 e. The van der Waals surface area contributed by atoms with E-state index >= 15 is 0 Å². The van der Waals surface area contributed by atoms with E-state index in [0.29, 0.717) is 50.5 Å². The molecule has 2 aromatic heterocycles. The molecular weight excluding hydrogens is 644 g/mol. The number of pyridine rings is 2. The largest absolute Gasteiger partial charge is 0.493 e. The summed E-state index contributed by atoms with van der Waals surface area (Å²) in [5.74, 6) is 0.415. The molecule has 0 aliphatic rings. The van der Waals surface area contributed by atoms with Gasteiger partial charge in [-0.2, -0.15) is 0 Å². The Balaban J connectivity index is 1.76. The molecule has 0 amide bonds. The van der Waals surface area contributed by atoms with Crippen LogP contribution in [0.15, 0.2) is 71.2 Å². The van der Waals surface area contributed by atoms with E-state index in [9.17, 15) is 9.90 Å². The van der Waals surface area contributed by atoms with E-state index in [4.69, 9.17) is 33.4 Å². The zero-order valence-corrected chi connectivity index (χ0v) is 26.9. The average molecular weight is 676 g/mol. The number of fused-ring (bicyclic) bond motifs is 1. The Kier molecular flexibility index (Phi) is 9.70. The third-order valence-corrected chi connectivity index (χ3v) is 7.75. The van der Waals surface area contributed by atoms with E-state index in [0.717, 1.165) is 10.9 Å². The SMILES string of the molecule is COCOc1c(-c2c(C)c(OC)nc(-c3ccc4ccc(Br)c(OCc5ccccc5)c4n3)c2C(=O)O)ccc(OC)c1OC. The van der Waals surface area contributed by atoms with E-state index < -0.39 is 5.97 Å². The van der Waals surface area contributed by atoms with Gasteiger partial charge in [0.1, 0.15) is 17.8 Å². The van der Waals surface area contributed by atoms with Crippen LogP contribution in [0.3, 0.4) is 0 Å². The molecular formula is C34H31BrN2O8. The Morgan fingerprint density at radius 1 is 0.822 bits per heavy atom. The average Bonchev–Trinajstić information content (AvgIpc) is 3.06. The number of carboxylic acid groups (broad SMARTS) is 1. The number of nitrogens with zero attached hydrogens (tertiary/aromatic N) is 2. The highest BCUT2D eigenvalue weighted by Gasteiger charge is 2.30. The summed E-state index contributed by atoms with van der Waals surface area (Å²) < 4.78 is 34.8. The van der Waals surface area contributed by atoms with Gasteiger partial charge in [-0.3, -0.25) is 0 Å². The van der Waals surface area contributed by atoms with Crippen molar-refractivity contribution in [2.75, 3.05) is 35.2 Å². The molecule has 0 saturated heterocycles. The summed E-state index contributed by atoms with van der Waals surface area (Å²) in [5, 5.41) is 11.5. The second kappa shape index (κ2) is 13.8. The lowest BCUT2D eigenvalue weighted by molar-refractivity contribution is 0.0493. The maximum atomic E-state index is 13.1. The van der Waals surface area contributed by atoms with Gasteiger partial charge in [0.05, 0.1) is 37.1 Å². The van der Waals surface area contributed by atoms with Gasteiger partial charge < -0.3 is 33.5 Å².